The molecule has 126 valence electrons. The fraction of sp³-hybridized carbons (Fsp3) is 0.353. The third kappa shape index (κ3) is 6.94. The second-order valence-electron chi connectivity index (χ2n) is 5.23. The number of aromatic nitrogens is 1. The van der Waals surface area contributed by atoms with Crippen LogP contribution in [0.1, 0.15) is 12.5 Å². The standard InChI is InChI=1S/C17H24N4O.HI/c1-14(22-16-7-5-4-6-8-16)11-19-17(18-2)20-12-15-9-10-21(3)13-15;/h4-10,13-14H,11-12H2,1-3H3,(H2,18,19,20);1H. The largest absolute Gasteiger partial charge is 0.489 e. The molecule has 2 N–H and O–H groups in total. The number of hydrogen-bond acceptors (Lipinski definition) is 2. The van der Waals surface area contributed by atoms with Crippen molar-refractivity contribution in [3.8, 4) is 5.75 Å². The molecule has 0 aliphatic rings. The van der Waals surface area contributed by atoms with Crippen molar-refractivity contribution >= 4 is 29.9 Å². The van der Waals surface area contributed by atoms with Crippen LogP contribution in [-0.4, -0.2) is 30.2 Å². The molecule has 0 fully saturated rings. The average Bonchev–Trinajstić information content (AvgIpc) is 2.94. The van der Waals surface area contributed by atoms with Crippen LogP contribution in [0.4, 0.5) is 0 Å². The maximum Gasteiger partial charge on any atom is 0.191 e. The lowest BCUT2D eigenvalue weighted by Gasteiger charge is -2.17. The van der Waals surface area contributed by atoms with Gasteiger partial charge in [0.2, 0.25) is 0 Å². The van der Waals surface area contributed by atoms with Crippen LogP contribution in [0.3, 0.4) is 0 Å². The summed E-state index contributed by atoms with van der Waals surface area (Å²) in [7, 11) is 3.78. The first kappa shape index (κ1) is 19.3. The van der Waals surface area contributed by atoms with Gasteiger partial charge in [-0.15, -0.1) is 24.0 Å². The van der Waals surface area contributed by atoms with E-state index < -0.39 is 0 Å². The fourth-order valence-corrected chi connectivity index (χ4v) is 2.09. The minimum atomic E-state index is 0. The van der Waals surface area contributed by atoms with Crippen molar-refractivity contribution in [3.05, 3.63) is 54.4 Å². The number of halogens is 1. The first-order chi connectivity index (χ1) is 10.7. The predicted octanol–water partition coefficient (Wildman–Crippen LogP) is 2.78. The van der Waals surface area contributed by atoms with E-state index in [1.807, 2.05) is 55.1 Å². The molecule has 23 heavy (non-hydrogen) atoms. The number of nitrogens with one attached hydrogen (secondary N) is 2. The highest BCUT2D eigenvalue weighted by atomic mass is 127. The summed E-state index contributed by atoms with van der Waals surface area (Å²) in [5, 5.41) is 6.56. The van der Waals surface area contributed by atoms with Crippen LogP contribution in [0.2, 0.25) is 0 Å². The Hall–Kier alpha value is -1.70. The Labute approximate surface area is 155 Å². The second kappa shape index (κ2) is 10.1. The van der Waals surface area contributed by atoms with Crippen LogP contribution in [0.15, 0.2) is 53.8 Å². The summed E-state index contributed by atoms with van der Waals surface area (Å²) < 4.78 is 7.86. The Morgan fingerprint density at radius 3 is 2.57 bits per heavy atom. The van der Waals surface area contributed by atoms with Gasteiger partial charge in [-0.05, 0) is 30.7 Å². The van der Waals surface area contributed by atoms with Crippen molar-refractivity contribution in [2.45, 2.75) is 19.6 Å². The lowest BCUT2D eigenvalue weighted by atomic mass is 10.3. The molecular formula is C17H25IN4O. The summed E-state index contributed by atoms with van der Waals surface area (Å²) in [6, 6.07) is 11.9. The summed E-state index contributed by atoms with van der Waals surface area (Å²) in [4.78, 5) is 4.22. The minimum absolute atomic E-state index is 0. The Morgan fingerprint density at radius 1 is 1.22 bits per heavy atom. The molecule has 0 amide bonds. The molecule has 0 aliphatic carbocycles. The van der Waals surface area contributed by atoms with Crippen LogP contribution in [0.25, 0.3) is 0 Å². The molecule has 0 spiro atoms. The van der Waals surface area contributed by atoms with Crippen LogP contribution in [0, 0.1) is 0 Å². The number of aryl methyl sites for hydroxylation is 1. The number of para-hydroxylation sites is 1. The monoisotopic (exact) mass is 428 g/mol. The minimum Gasteiger partial charge on any atom is -0.489 e. The van der Waals surface area contributed by atoms with Gasteiger partial charge in [-0.3, -0.25) is 4.99 Å². The van der Waals surface area contributed by atoms with Crippen LogP contribution < -0.4 is 15.4 Å². The zero-order valence-corrected chi connectivity index (χ0v) is 16.2. The average molecular weight is 428 g/mol. The summed E-state index contributed by atoms with van der Waals surface area (Å²) in [5.74, 6) is 1.65. The number of guanidine groups is 1. The Kier molecular flexibility index (Phi) is 8.53. The summed E-state index contributed by atoms with van der Waals surface area (Å²) in [6.07, 6.45) is 4.17. The van der Waals surface area contributed by atoms with Gasteiger partial charge in [-0.2, -0.15) is 0 Å². The van der Waals surface area contributed by atoms with Crippen LogP contribution in [-0.2, 0) is 13.6 Å². The van der Waals surface area contributed by atoms with Crippen molar-refractivity contribution in [2.75, 3.05) is 13.6 Å². The van der Waals surface area contributed by atoms with E-state index in [2.05, 4.69) is 27.9 Å². The molecule has 1 aromatic heterocycles. The molecule has 0 saturated heterocycles. The third-order valence-corrected chi connectivity index (χ3v) is 3.21. The van der Waals surface area contributed by atoms with Crippen LogP contribution in [0.5, 0.6) is 5.75 Å². The van der Waals surface area contributed by atoms with Crippen LogP contribution >= 0.6 is 24.0 Å². The molecule has 0 bridgehead atoms. The highest BCUT2D eigenvalue weighted by Gasteiger charge is 2.05. The van der Waals surface area contributed by atoms with E-state index >= 15 is 0 Å². The highest BCUT2D eigenvalue weighted by molar-refractivity contribution is 14.0. The van der Waals surface area contributed by atoms with Crippen molar-refractivity contribution in [3.63, 3.8) is 0 Å². The summed E-state index contributed by atoms with van der Waals surface area (Å²) >= 11 is 0. The van der Waals surface area contributed by atoms with Gasteiger partial charge in [-0.1, -0.05) is 18.2 Å². The van der Waals surface area contributed by atoms with Gasteiger partial charge in [0, 0.05) is 33.0 Å². The van der Waals surface area contributed by atoms with Gasteiger partial charge in [0.05, 0.1) is 6.54 Å². The first-order valence-corrected chi connectivity index (χ1v) is 7.44. The quantitative estimate of drug-likeness (QED) is 0.423. The molecule has 2 rings (SSSR count). The Bertz CT molecular complexity index is 598. The second-order valence-corrected chi connectivity index (χ2v) is 5.23. The number of nitrogens with zero attached hydrogens (tertiary/aromatic N) is 2. The first-order valence-electron chi connectivity index (χ1n) is 7.44. The molecule has 1 unspecified atom stereocenters. The molecule has 0 saturated carbocycles. The van der Waals surface area contributed by atoms with E-state index in [1.165, 1.54) is 5.56 Å². The zero-order valence-electron chi connectivity index (χ0n) is 13.8. The number of hydrogen-bond donors (Lipinski definition) is 2. The molecule has 2 aromatic rings. The Balaban J connectivity index is 0.00000264. The van der Waals surface area contributed by atoms with E-state index in [9.17, 15) is 0 Å². The van der Waals surface area contributed by atoms with Crippen molar-refractivity contribution < 1.29 is 4.74 Å². The smallest absolute Gasteiger partial charge is 0.191 e. The summed E-state index contributed by atoms with van der Waals surface area (Å²) in [6.45, 7) is 3.46. The van der Waals surface area contributed by atoms with E-state index in [4.69, 9.17) is 4.74 Å². The van der Waals surface area contributed by atoms with Gasteiger partial charge in [-0.25, -0.2) is 0 Å². The van der Waals surface area contributed by atoms with Crippen molar-refractivity contribution in [2.24, 2.45) is 12.0 Å². The highest BCUT2D eigenvalue weighted by Crippen LogP contribution is 2.10. The molecule has 6 heteroatoms. The molecule has 1 heterocycles. The summed E-state index contributed by atoms with van der Waals surface area (Å²) in [5.41, 5.74) is 1.22. The normalized spacial score (nSPS) is 12.2. The molecule has 1 aromatic carbocycles. The SMILES string of the molecule is CN=C(NCc1ccn(C)c1)NCC(C)Oc1ccccc1.I. The van der Waals surface area contributed by atoms with E-state index in [0.29, 0.717) is 6.54 Å². The van der Waals surface area contributed by atoms with E-state index in [0.717, 1.165) is 18.3 Å². The number of ether oxygens (including phenoxy) is 1. The van der Waals surface area contributed by atoms with Gasteiger partial charge < -0.3 is 19.9 Å². The van der Waals surface area contributed by atoms with Gasteiger partial charge in [0.15, 0.2) is 5.96 Å². The van der Waals surface area contributed by atoms with Crippen molar-refractivity contribution in [1.29, 1.82) is 0 Å². The van der Waals surface area contributed by atoms with Gasteiger partial charge in [0.1, 0.15) is 11.9 Å². The number of benzene rings is 1. The maximum atomic E-state index is 5.83. The van der Waals surface area contributed by atoms with E-state index in [1.54, 1.807) is 7.05 Å². The topological polar surface area (TPSA) is 50.6 Å². The maximum absolute atomic E-state index is 5.83. The van der Waals surface area contributed by atoms with Crippen molar-refractivity contribution in [1.82, 2.24) is 15.2 Å². The van der Waals surface area contributed by atoms with Gasteiger partial charge in [0.25, 0.3) is 0 Å². The molecule has 5 nitrogen and oxygen atoms in total. The van der Waals surface area contributed by atoms with Gasteiger partial charge >= 0.3 is 0 Å². The molecule has 1 atom stereocenters. The number of aliphatic imine (C=N–C) groups is 1. The fourth-order valence-electron chi connectivity index (χ4n) is 2.09. The third-order valence-electron chi connectivity index (χ3n) is 3.21. The molecular weight excluding hydrogens is 403 g/mol. The Morgan fingerprint density at radius 2 is 1.96 bits per heavy atom. The zero-order chi connectivity index (χ0) is 15.8. The molecule has 0 aliphatic heterocycles. The predicted molar refractivity (Wildman–Crippen MR) is 106 cm³/mol. The van der Waals surface area contributed by atoms with E-state index in [-0.39, 0.29) is 30.1 Å². The lowest BCUT2D eigenvalue weighted by molar-refractivity contribution is 0.224. The number of rotatable bonds is 6. The molecule has 0 radical (unpaired) electrons. The lowest BCUT2D eigenvalue weighted by Crippen LogP contribution is -2.41.